The van der Waals surface area contributed by atoms with Gasteiger partial charge in [0.1, 0.15) is 6.79 Å². The second-order valence-corrected chi connectivity index (χ2v) is 1.85. The monoisotopic (exact) mass is 143 g/mol. The number of carbonyl (C=O) groups is 3. The van der Waals surface area contributed by atoms with Crippen LogP contribution in [0.3, 0.4) is 0 Å². The molecule has 0 aromatic rings. The molecule has 0 aromatic heterocycles. The number of hydrogen-bond acceptors (Lipinski definition) is 3. The summed E-state index contributed by atoms with van der Waals surface area (Å²) < 4.78 is 0. The fraction of sp³-hybridized carbons (Fsp3) is 0.500. The van der Waals surface area contributed by atoms with E-state index in [9.17, 15) is 9.59 Å². The van der Waals surface area contributed by atoms with E-state index in [0.717, 1.165) is 0 Å². The second kappa shape index (κ2) is 3.76. The van der Waals surface area contributed by atoms with Crippen molar-refractivity contribution in [1.82, 2.24) is 4.90 Å². The molecule has 1 aliphatic heterocycles. The van der Waals surface area contributed by atoms with Crippen LogP contribution in [0.25, 0.3) is 0 Å². The molecule has 0 aliphatic carbocycles. The standard InChI is InChI=1S/C5H7NO2.CH2O/c1-6-4(7)2-3-5(6)8;1-2/h2-3H2,1H3;1H2. The van der Waals surface area contributed by atoms with E-state index in [0.29, 0.717) is 12.8 Å². The van der Waals surface area contributed by atoms with Crippen LogP contribution in [0.2, 0.25) is 0 Å². The maximum atomic E-state index is 10.5. The van der Waals surface area contributed by atoms with E-state index in [1.54, 1.807) is 0 Å². The summed E-state index contributed by atoms with van der Waals surface area (Å²) in [7, 11) is 1.51. The molecule has 56 valence electrons. The van der Waals surface area contributed by atoms with E-state index in [4.69, 9.17) is 4.79 Å². The maximum absolute atomic E-state index is 10.5. The van der Waals surface area contributed by atoms with Crippen LogP contribution in [0, 0.1) is 0 Å². The van der Waals surface area contributed by atoms with Crippen molar-refractivity contribution in [1.29, 1.82) is 0 Å². The predicted molar refractivity (Wildman–Crippen MR) is 34.1 cm³/mol. The molecule has 0 N–H and O–H groups in total. The van der Waals surface area contributed by atoms with Gasteiger partial charge in [-0.1, -0.05) is 0 Å². The lowest BCUT2D eigenvalue weighted by Crippen LogP contribution is -2.23. The van der Waals surface area contributed by atoms with Crippen LogP contribution in [-0.4, -0.2) is 30.6 Å². The van der Waals surface area contributed by atoms with Gasteiger partial charge in [-0.3, -0.25) is 14.5 Å². The normalized spacial score (nSPS) is 16.7. The third-order valence-corrected chi connectivity index (χ3v) is 1.30. The largest absolute Gasteiger partial charge is 0.307 e. The molecule has 0 spiro atoms. The van der Waals surface area contributed by atoms with Crippen molar-refractivity contribution in [3.05, 3.63) is 0 Å². The van der Waals surface area contributed by atoms with Gasteiger partial charge in [0.2, 0.25) is 11.8 Å². The molecule has 1 fully saturated rings. The molecule has 1 saturated heterocycles. The lowest BCUT2D eigenvalue weighted by Gasteiger charge is -2.01. The average molecular weight is 143 g/mol. The van der Waals surface area contributed by atoms with Crippen LogP contribution in [0.4, 0.5) is 0 Å². The van der Waals surface area contributed by atoms with Gasteiger partial charge in [0.25, 0.3) is 0 Å². The van der Waals surface area contributed by atoms with Crippen molar-refractivity contribution in [2.24, 2.45) is 0 Å². The first kappa shape index (κ1) is 8.81. The number of nitrogens with zero attached hydrogens (tertiary/aromatic N) is 1. The zero-order valence-corrected chi connectivity index (χ0v) is 5.79. The molecule has 0 atom stereocenters. The van der Waals surface area contributed by atoms with E-state index in [1.807, 2.05) is 6.79 Å². The van der Waals surface area contributed by atoms with Crippen molar-refractivity contribution in [3.63, 3.8) is 0 Å². The number of imide groups is 1. The third kappa shape index (κ3) is 1.65. The highest BCUT2D eigenvalue weighted by Gasteiger charge is 2.24. The van der Waals surface area contributed by atoms with Gasteiger partial charge in [-0.15, -0.1) is 0 Å². The molecule has 10 heavy (non-hydrogen) atoms. The van der Waals surface area contributed by atoms with Crippen LogP contribution in [-0.2, 0) is 14.4 Å². The van der Waals surface area contributed by atoms with Crippen molar-refractivity contribution >= 4 is 18.6 Å². The van der Waals surface area contributed by atoms with Gasteiger partial charge < -0.3 is 4.79 Å². The highest BCUT2D eigenvalue weighted by molar-refractivity contribution is 6.01. The lowest BCUT2D eigenvalue weighted by atomic mass is 10.4. The number of carbonyl (C=O) groups excluding carboxylic acids is 3. The number of likely N-dealkylation sites (tertiary alicyclic amines) is 1. The molecule has 0 radical (unpaired) electrons. The Balaban J connectivity index is 0.000000371. The number of hydrogen-bond donors (Lipinski definition) is 0. The first-order valence-corrected chi connectivity index (χ1v) is 2.80. The topological polar surface area (TPSA) is 54.5 Å². The summed E-state index contributed by atoms with van der Waals surface area (Å²) in [6, 6.07) is 0. The number of rotatable bonds is 0. The molecule has 1 aliphatic rings. The van der Waals surface area contributed by atoms with Crippen molar-refractivity contribution in [3.8, 4) is 0 Å². The van der Waals surface area contributed by atoms with Gasteiger partial charge in [-0.05, 0) is 0 Å². The molecule has 1 rings (SSSR count). The summed E-state index contributed by atoms with van der Waals surface area (Å²) in [6.07, 6.45) is 0.796. The zero-order valence-electron chi connectivity index (χ0n) is 5.79. The van der Waals surface area contributed by atoms with Crippen molar-refractivity contribution < 1.29 is 14.4 Å². The molecule has 0 unspecified atom stereocenters. The van der Waals surface area contributed by atoms with E-state index in [-0.39, 0.29) is 11.8 Å². The lowest BCUT2D eigenvalue weighted by molar-refractivity contribution is -0.136. The van der Waals surface area contributed by atoms with E-state index in [1.165, 1.54) is 11.9 Å². The Kier molecular flexibility index (Phi) is 3.32. The Morgan fingerprint density at radius 1 is 1.20 bits per heavy atom. The molecule has 4 heteroatoms. The van der Waals surface area contributed by atoms with Crippen LogP contribution in [0.15, 0.2) is 0 Å². The molecule has 2 amide bonds. The predicted octanol–water partition coefficient (Wildman–Crippen LogP) is -0.420. The van der Waals surface area contributed by atoms with Crippen molar-refractivity contribution in [2.75, 3.05) is 7.05 Å². The number of amides is 2. The minimum Gasteiger partial charge on any atom is -0.307 e. The maximum Gasteiger partial charge on any atom is 0.229 e. The molecule has 1 heterocycles. The Bertz CT molecular complexity index is 139. The Labute approximate surface area is 58.8 Å². The quantitative estimate of drug-likeness (QED) is 0.433. The minimum absolute atomic E-state index is 0.0602. The summed E-state index contributed by atoms with van der Waals surface area (Å²) >= 11 is 0. The highest BCUT2D eigenvalue weighted by atomic mass is 16.2. The first-order valence-electron chi connectivity index (χ1n) is 2.80. The van der Waals surface area contributed by atoms with E-state index in [2.05, 4.69) is 0 Å². The van der Waals surface area contributed by atoms with Gasteiger partial charge in [0.15, 0.2) is 0 Å². The van der Waals surface area contributed by atoms with Gasteiger partial charge in [0.05, 0.1) is 0 Å². The smallest absolute Gasteiger partial charge is 0.229 e. The summed E-state index contributed by atoms with van der Waals surface area (Å²) in [5.41, 5.74) is 0. The van der Waals surface area contributed by atoms with E-state index >= 15 is 0 Å². The third-order valence-electron chi connectivity index (χ3n) is 1.30. The summed E-state index contributed by atoms with van der Waals surface area (Å²) in [4.78, 5) is 30.1. The molecule has 0 saturated carbocycles. The fourth-order valence-electron chi connectivity index (χ4n) is 0.688. The first-order chi connectivity index (χ1) is 4.72. The fourth-order valence-corrected chi connectivity index (χ4v) is 0.688. The van der Waals surface area contributed by atoms with Gasteiger partial charge in [0, 0.05) is 19.9 Å². The van der Waals surface area contributed by atoms with Gasteiger partial charge in [-0.25, -0.2) is 0 Å². The molecule has 0 bridgehead atoms. The SMILES string of the molecule is C=O.CN1C(=O)CCC1=O. The Morgan fingerprint density at radius 2 is 1.50 bits per heavy atom. The van der Waals surface area contributed by atoms with Crippen molar-refractivity contribution in [2.45, 2.75) is 12.8 Å². The second-order valence-electron chi connectivity index (χ2n) is 1.85. The van der Waals surface area contributed by atoms with Crippen LogP contribution >= 0.6 is 0 Å². The molecular formula is C6H9NO3. The molecule has 4 nitrogen and oxygen atoms in total. The summed E-state index contributed by atoms with van der Waals surface area (Å²) in [5.74, 6) is -0.120. The highest BCUT2D eigenvalue weighted by Crippen LogP contribution is 2.07. The van der Waals surface area contributed by atoms with Gasteiger partial charge >= 0.3 is 0 Å². The summed E-state index contributed by atoms with van der Waals surface area (Å²) in [6.45, 7) is 2.00. The molecular weight excluding hydrogens is 134 g/mol. The minimum atomic E-state index is -0.0602. The van der Waals surface area contributed by atoms with Crippen LogP contribution in [0.1, 0.15) is 12.8 Å². The summed E-state index contributed by atoms with van der Waals surface area (Å²) in [5, 5.41) is 0. The van der Waals surface area contributed by atoms with Crippen LogP contribution < -0.4 is 0 Å². The van der Waals surface area contributed by atoms with E-state index < -0.39 is 0 Å². The Morgan fingerprint density at radius 3 is 1.60 bits per heavy atom. The van der Waals surface area contributed by atoms with Crippen LogP contribution in [0.5, 0.6) is 0 Å². The Hall–Kier alpha value is -1.19. The zero-order chi connectivity index (χ0) is 8.15. The molecule has 0 aromatic carbocycles. The average Bonchev–Trinajstić information content (AvgIpc) is 2.25. The van der Waals surface area contributed by atoms with Gasteiger partial charge in [-0.2, -0.15) is 0 Å².